The van der Waals surface area contributed by atoms with Gasteiger partial charge < -0.3 is 24.8 Å². The van der Waals surface area contributed by atoms with Crippen molar-refractivity contribution in [3.05, 3.63) is 18.2 Å². The van der Waals surface area contributed by atoms with E-state index in [-0.39, 0.29) is 5.91 Å². The number of hydrogen-bond donors (Lipinski definition) is 2. The molecule has 0 aliphatic carbocycles. The maximum atomic E-state index is 12.4. The van der Waals surface area contributed by atoms with Gasteiger partial charge in [-0.2, -0.15) is 0 Å². The number of rotatable bonds is 10. The van der Waals surface area contributed by atoms with E-state index in [4.69, 9.17) is 14.2 Å². The van der Waals surface area contributed by atoms with Gasteiger partial charge in [0.1, 0.15) is 23.6 Å². The monoisotopic (exact) mass is 352 g/mol. The second-order valence-electron chi connectivity index (χ2n) is 5.69. The molecule has 0 saturated carbocycles. The third-order valence-electron chi connectivity index (χ3n) is 3.78. The normalized spacial score (nSPS) is 12.7. The Bertz CT molecular complexity index is 554. The van der Waals surface area contributed by atoms with E-state index in [0.717, 1.165) is 12.8 Å². The number of carbonyl (C=O) groups excluding carboxylic acids is 2. The molecule has 0 spiro atoms. The molecule has 7 nitrogen and oxygen atoms in total. The summed E-state index contributed by atoms with van der Waals surface area (Å²) in [5, 5.41) is 5.83. The molecule has 1 aromatic carbocycles. The molecular formula is C18H28N2O5. The molecule has 1 unspecified atom stereocenters. The van der Waals surface area contributed by atoms with Gasteiger partial charge in [-0.3, -0.25) is 4.79 Å². The molecule has 0 fully saturated rings. The standard InChI is InChI=1S/C18H28N2O5/c1-6-7-8-16(18(22)25-5)20-17(21)12(2)19-13-9-14(23-3)11-15(10-13)24-4/h9-12,16,19H,6-8H2,1-5H3,(H,20,21)/t12?,16-/m0/s1. The summed E-state index contributed by atoms with van der Waals surface area (Å²) >= 11 is 0. The van der Waals surface area contributed by atoms with Crippen LogP contribution in [0.1, 0.15) is 33.1 Å². The summed E-state index contributed by atoms with van der Waals surface area (Å²) in [5.41, 5.74) is 0.682. The first-order chi connectivity index (χ1) is 11.9. The first-order valence-electron chi connectivity index (χ1n) is 8.32. The third-order valence-corrected chi connectivity index (χ3v) is 3.78. The van der Waals surface area contributed by atoms with Gasteiger partial charge >= 0.3 is 5.97 Å². The lowest BCUT2D eigenvalue weighted by Gasteiger charge is -2.21. The van der Waals surface area contributed by atoms with Crippen LogP contribution in [-0.4, -0.2) is 45.3 Å². The quantitative estimate of drug-likeness (QED) is 0.629. The fourth-order valence-electron chi connectivity index (χ4n) is 2.30. The Morgan fingerprint density at radius 1 is 1.08 bits per heavy atom. The van der Waals surface area contributed by atoms with E-state index in [1.807, 2.05) is 6.92 Å². The number of carbonyl (C=O) groups is 2. The van der Waals surface area contributed by atoms with E-state index in [1.165, 1.54) is 7.11 Å². The molecule has 0 bridgehead atoms. The summed E-state index contributed by atoms with van der Waals surface area (Å²) in [6.07, 6.45) is 2.31. The molecule has 0 aliphatic rings. The van der Waals surface area contributed by atoms with E-state index >= 15 is 0 Å². The number of ether oxygens (including phenoxy) is 3. The Kier molecular flexibility index (Phi) is 8.60. The summed E-state index contributed by atoms with van der Waals surface area (Å²) in [7, 11) is 4.43. The lowest BCUT2D eigenvalue weighted by Crippen LogP contribution is -2.47. The number of unbranched alkanes of at least 4 members (excludes halogenated alkanes) is 1. The SMILES string of the molecule is CCCC[C@H](NC(=O)C(C)Nc1cc(OC)cc(OC)c1)C(=O)OC. The molecule has 140 valence electrons. The van der Waals surface area contributed by atoms with E-state index in [1.54, 1.807) is 39.3 Å². The van der Waals surface area contributed by atoms with Crippen LogP contribution in [0.2, 0.25) is 0 Å². The largest absolute Gasteiger partial charge is 0.497 e. The number of nitrogens with one attached hydrogen (secondary N) is 2. The van der Waals surface area contributed by atoms with Crippen molar-refractivity contribution in [3.8, 4) is 11.5 Å². The van der Waals surface area contributed by atoms with Crippen LogP contribution in [0.4, 0.5) is 5.69 Å². The average molecular weight is 352 g/mol. The van der Waals surface area contributed by atoms with Crippen LogP contribution in [-0.2, 0) is 14.3 Å². The number of methoxy groups -OCH3 is 3. The Morgan fingerprint density at radius 2 is 1.68 bits per heavy atom. The summed E-state index contributed by atoms with van der Waals surface area (Å²) in [5.74, 6) is 0.514. The van der Waals surface area contributed by atoms with Crippen molar-refractivity contribution in [1.82, 2.24) is 5.32 Å². The molecule has 1 amide bonds. The fourth-order valence-corrected chi connectivity index (χ4v) is 2.30. The molecule has 7 heteroatoms. The zero-order valence-electron chi connectivity index (χ0n) is 15.5. The lowest BCUT2D eigenvalue weighted by atomic mass is 10.1. The minimum atomic E-state index is -0.637. The molecule has 0 aliphatic heterocycles. The van der Waals surface area contributed by atoms with Gasteiger partial charge in [-0.1, -0.05) is 19.8 Å². The molecule has 0 radical (unpaired) electrons. The van der Waals surface area contributed by atoms with Gasteiger partial charge in [0.15, 0.2) is 0 Å². The first-order valence-corrected chi connectivity index (χ1v) is 8.32. The Hall–Kier alpha value is -2.44. The van der Waals surface area contributed by atoms with Crippen molar-refractivity contribution < 1.29 is 23.8 Å². The minimum absolute atomic E-state index is 0.284. The maximum Gasteiger partial charge on any atom is 0.328 e. The van der Waals surface area contributed by atoms with Crippen LogP contribution in [0.15, 0.2) is 18.2 Å². The van der Waals surface area contributed by atoms with Gasteiger partial charge in [-0.05, 0) is 13.3 Å². The van der Waals surface area contributed by atoms with Gasteiger partial charge in [0, 0.05) is 23.9 Å². The maximum absolute atomic E-state index is 12.4. The highest BCUT2D eigenvalue weighted by atomic mass is 16.5. The number of hydrogen-bond acceptors (Lipinski definition) is 6. The van der Waals surface area contributed by atoms with Crippen molar-refractivity contribution in [1.29, 1.82) is 0 Å². The fraction of sp³-hybridized carbons (Fsp3) is 0.556. The van der Waals surface area contributed by atoms with Crippen LogP contribution >= 0.6 is 0 Å². The third kappa shape index (κ3) is 6.52. The second kappa shape index (κ2) is 10.4. The highest BCUT2D eigenvalue weighted by Crippen LogP contribution is 2.26. The summed E-state index contributed by atoms with van der Waals surface area (Å²) in [4.78, 5) is 24.2. The van der Waals surface area contributed by atoms with Crippen LogP contribution in [0.25, 0.3) is 0 Å². The predicted molar refractivity (Wildman–Crippen MR) is 96.1 cm³/mol. The molecule has 0 aromatic heterocycles. The Morgan fingerprint density at radius 3 is 2.16 bits per heavy atom. The zero-order valence-corrected chi connectivity index (χ0v) is 15.5. The molecule has 0 heterocycles. The summed E-state index contributed by atoms with van der Waals surface area (Å²) in [6.45, 7) is 3.74. The smallest absolute Gasteiger partial charge is 0.328 e. The van der Waals surface area contributed by atoms with Gasteiger partial charge in [-0.25, -0.2) is 4.79 Å². The highest BCUT2D eigenvalue weighted by Gasteiger charge is 2.23. The van der Waals surface area contributed by atoms with Gasteiger partial charge in [0.25, 0.3) is 0 Å². The zero-order chi connectivity index (χ0) is 18.8. The van der Waals surface area contributed by atoms with E-state index in [9.17, 15) is 9.59 Å². The van der Waals surface area contributed by atoms with Crippen LogP contribution in [0.3, 0.4) is 0 Å². The average Bonchev–Trinajstić information content (AvgIpc) is 2.63. The molecule has 1 aromatic rings. The van der Waals surface area contributed by atoms with Crippen LogP contribution in [0.5, 0.6) is 11.5 Å². The molecule has 25 heavy (non-hydrogen) atoms. The second-order valence-corrected chi connectivity index (χ2v) is 5.69. The minimum Gasteiger partial charge on any atom is -0.497 e. The Balaban J connectivity index is 2.76. The summed E-state index contributed by atoms with van der Waals surface area (Å²) < 4.78 is 15.2. The topological polar surface area (TPSA) is 85.9 Å². The van der Waals surface area contributed by atoms with E-state index in [2.05, 4.69) is 10.6 Å². The molecule has 1 rings (SSSR count). The number of benzene rings is 1. The van der Waals surface area contributed by atoms with Crippen LogP contribution in [0, 0.1) is 0 Å². The van der Waals surface area contributed by atoms with Crippen molar-refractivity contribution in [2.45, 2.75) is 45.2 Å². The van der Waals surface area contributed by atoms with Crippen molar-refractivity contribution in [2.24, 2.45) is 0 Å². The van der Waals surface area contributed by atoms with Crippen molar-refractivity contribution in [2.75, 3.05) is 26.6 Å². The van der Waals surface area contributed by atoms with Gasteiger partial charge in [0.05, 0.1) is 21.3 Å². The predicted octanol–water partition coefficient (Wildman–Crippen LogP) is 2.35. The van der Waals surface area contributed by atoms with Gasteiger partial charge in [0.2, 0.25) is 5.91 Å². The molecule has 0 saturated heterocycles. The number of esters is 1. The highest BCUT2D eigenvalue weighted by molar-refractivity contribution is 5.89. The van der Waals surface area contributed by atoms with Crippen molar-refractivity contribution in [3.63, 3.8) is 0 Å². The van der Waals surface area contributed by atoms with E-state index < -0.39 is 18.1 Å². The molecule has 2 atom stereocenters. The van der Waals surface area contributed by atoms with Gasteiger partial charge in [-0.15, -0.1) is 0 Å². The summed E-state index contributed by atoms with van der Waals surface area (Å²) in [6, 6.07) is 4.09. The molecule has 2 N–H and O–H groups in total. The number of anilines is 1. The van der Waals surface area contributed by atoms with E-state index in [0.29, 0.717) is 23.6 Å². The van der Waals surface area contributed by atoms with Crippen LogP contribution < -0.4 is 20.1 Å². The number of amides is 1. The lowest BCUT2D eigenvalue weighted by molar-refractivity contribution is -0.145. The first kappa shape index (κ1) is 20.6. The van der Waals surface area contributed by atoms with Crippen molar-refractivity contribution >= 4 is 17.6 Å². The Labute approximate surface area is 149 Å². The molecular weight excluding hydrogens is 324 g/mol.